The first kappa shape index (κ1) is 24.5. The van der Waals surface area contributed by atoms with Gasteiger partial charge in [-0.05, 0) is 51.8 Å². The molecule has 0 aliphatic carbocycles. The average Bonchev–Trinajstić information content (AvgIpc) is 2.86. The predicted molar refractivity (Wildman–Crippen MR) is 125 cm³/mol. The second-order valence-electron chi connectivity index (χ2n) is 6.42. The Balaban J connectivity index is 0.00000392. The molecule has 156 valence electrons. The van der Waals surface area contributed by atoms with E-state index in [0.717, 1.165) is 24.6 Å². The van der Waals surface area contributed by atoms with Gasteiger partial charge in [0.15, 0.2) is 5.96 Å². The Morgan fingerprint density at radius 2 is 2.14 bits per heavy atom. The van der Waals surface area contributed by atoms with E-state index in [1.54, 1.807) is 18.3 Å². The van der Waals surface area contributed by atoms with Gasteiger partial charge in [0.25, 0.3) is 0 Å². The van der Waals surface area contributed by atoms with Gasteiger partial charge in [-0.25, -0.2) is 9.98 Å². The monoisotopic (exact) mass is 520 g/mol. The lowest BCUT2D eigenvalue weighted by atomic mass is 10.1. The third kappa shape index (κ3) is 7.12. The van der Waals surface area contributed by atoms with E-state index in [0.29, 0.717) is 24.1 Å². The molecule has 0 radical (unpaired) electrons. The van der Waals surface area contributed by atoms with Gasteiger partial charge in [0.2, 0.25) is 5.88 Å². The quantitative estimate of drug-likeness (QED) is 0.242. The summed E-state index contributed by atoms with van der Waals surface area (Å²) in [7, 11) is 1.98. The van der Waals surface area contributed by atoms with Crippen LogP contribution in [0.15, 0.2) is 23.3 Å². The number of halogens is 2. The van der Waals surface area contributed by atoms with Gasteiger partial charge < -0.3 is 15.4 Å². The van der Waals surface area contributed by atoms with Crippen LogP contribution in [0.5, 0.6) is 5.88 Å². The highest BCUT2D eigenvalue weighted by Crippen LogP contribution is 2.19. The second kappa shape index (κ2) is 12.1. The number of aliphatic imine (C=N–C) groups is 1. The molecule has 2 N–H and O–H groups in total. The average molecular weight is 521 g/mol. The molecule has 28 heavy (non-hydrogen) atoms. The zero-order chi connectivity index (χ0) is 19.8. The number of aromatic nitrogens is 3. The van der Waals surface area contributed by atoms with E-state index in [1.165, 1.54) is 11.3 Å². The topological polar surface area (TPSA) is 76.4 Å². The summed E-state index contributed by atoms with van der Waals surface area (Å²) < 4.78 is 7.51. The summed E-state index contributed by atoms with van der Waals surface area (Å²) in [6.07, 6.45) is 2.54. The summed E-state index contributed by atoms with van der Waals surface area (Å²) in [5.74, 6) is 1.20. The number of hydrogen-bond donors (Lipinski definition) is 2. The molecule has 2 aromatic heterocycles. The molecule has 0 saturated heterocycles. The minimum atomic E-state index is 0. The minimum absolute atomic E-state index is 0. The Morgan fingerprint density at radius 3 is 2.75 bits per heavy atom. The third-order valence-corrected chi connectivity index (χ3v) is 4.51. The third-order valence-electron chi connectivity index (χ3n) is 4.22. The summed E-state index contributed by atoms with van der Waals surface area (Å²) in [6.45, 7) is 10.0. The minimum Gasteiger partial charge on any atom is -0.475 e. The van der Waals surface area contributed by atoms with Crippen molar-refractivity contribution in [3.05, 3.63) is 40.3 Å². The molecule has 0 aromatic carbocycles. The highest BCUT2D eigenvalue weighted by atomic mass is 127. The maximum Gasteiger partial charge on any atom is 0.232 e. The van der Waals surface area contributed by atoms with E-state index in [4.69, 9.17) is 16.3 Å². The second-order valence-corrected chi connectivity index (χ2v) is 6.83. The molecule has 1 unspecified atom stereocenters. The van der Waals surface area contributed by atoms with Crippen LogP contribution in [0.25, 0.3) is 0 Å². The molecule has 1 atom stereocenters. The number of rotatable bonds is 8. The van der Waals surface area contributed by atoms with Crippen LogP contribution in [0, 0.1) is 13.8 Å². The van der Waals surface area contributed by atoms with Gasteiger partial charge >= 0.3 is 0 Å². The lowest BCUT2D eigenvalue weighted by molar-refractivity contribution is 0.316. The van der Waals surface area contributed by atoms with Gasteiger partial charge in [0.05, 0.1) is 12.2 Å². The fourth-order valence-corrected chi connectivity index (χ4v) is 2.98. The zero-order valence-electron chi connectivity index (χ0n) is 17.1. The summed E-state index contributed by atoms with van der Waals surface area (Å²) in [6, 6.07) is 3.74. The van der Waals surface area contributed by atoms with Crippen molar-refractivity contribution in [1.82, 2.24) is 25.4 Å². The molecule has 0 aliphatic rings. The summed E-state index contributed by atoms with van der Waals surface area (Å²) >= 11 is 6.03. The maximum absolute atomic E-state index is 6.03. The van der Waals surface area contributed by atoms with Crippen molar-refractivity contribution in [3.63, 3.8) is 0 Å². The van der Waals surface area contributed by atoms with Crippen LogP contribution in [0.3, 0.4) is 0 Å². The van der Waals surface area contributed by atoms with Gasteiger partial charge in [-0.1, -0.05) is 11.6 Å². The molecule has 0 spiro atoms. The van der Waals surface area contributed by atoms with Crippen LogP contribution < -0.4 is 15.4 Å². The van der Waals surface area contributed by atoms with Crippen LogP contribution in [0.2, 0.25) is 5.02 Å². The molecule has 2 heterocycles. The van der Waals surface area contributed by atoms with Crippen LogP contribution in [0.4, 0.5) is 0 Å². The molecule has 2 rings (SSSR count). The SMILES string of the molecule is CCNC(=NCCOc1ncccc1Cl)NC(C)Cc1c(C)nn(C)c1C.I. The van der Waals surface area contributed by atoms with Crippen molar-refractivity contribution in [3.8, 4) is 5.88 Å². The van der Waals surface area contributed by atoms with E-state index < -0.39 is 0 Å². The lowest BCUT2D eigenvalue weighted by Gasteiger charge is -2.18. The summed E-state index contributed by atoms with van der Waals surface area (Å²) in [4.78, 5) is 8.67. The number of aryl methyl sites for hydroxylation is 2. The molecule has 0 aliphatic heterocycles. The number of nitrogens with one attached hydrogen (secondary N) is 2. The van der Waals surface area contributed by atoms with Crippen LogP contribution in [0.1, 0.15) is 30.8 Å². The van der Waals surface area contributed by atoms with Gasteiger partial charge in [-0.15, -0.1) is 24.0 Å². The first-order valence-electron chi connectivity index (χ1n) is 9.19. The van der Waals surface area contributed by atoms with Gasteiger partial charge in [-0.2, -0.15) is 5.10 Å². The van der Waals surface area contributed by atoms with E-state index in [2.05, 4.69) is 46.5 Å². The van der Waals surface area contributed by atoms with Crippen LogP contribution >= 0.6 is 35.6 Å². The molecule has 0 fully saturated rings. The molecule has 9 heteroatoms. The number of pyridine rings is 1. The smallest absolute Gasteiger partial charge is 0.232 e. The fraction of sp³-hybridized carbons (Fsp3) is 0.526. The largest absolute Gasteiger partial charge is 0.475 e. The first-order chi connectivity index (χ1) is 12.9. The van der Waals surface area contributed by atoms with Crippen molar-refractivity contribution < 1.29 is 4.74 Å². The standard InChI is InChI=1S/C19H29ClN6O.HI/c1-6-21-19(23-10-11-27-18-17(20)8-7-9-22-18)24-13(2)12-16-14(3)25-26(5)15(16)4;/h7-9,13H,6,10-12H2,1-5H3,(H2,21,23,24);1H. The molecule has 0 amide bonds. The van der Waals surface area contributed by atoms with Gasteiger partial charge in [0.1, 0.15) is 11.6 Å². The molecule has 0 saturated carbocycles. The lowest BCUT2D eigenvalue weighted by Crippen LogP contribution is -2.43. The highest BCUT2D eigenvalue weighted by Gasteiger charge is 2.14. The summed E-state index contributed by atoms with van der Waals surface area (Å²) in [5, 5.41) is 11.7. The van der Waals surface area contributed by atoms with Crippen molar-refractivity contribution in [2.75, 3.05) is 19.7 Å². The highest BCUT2D eigenvalue weighted by molar-refractivity contribution is 14.0. The van der Waals surface area contributed by atoms with Crippen LogP contribution in [-0.4, -0.2) is 46.5 Å². The number of nitrogens with zero attached hydrogens (tertiary/aromatic N) is 4. The van der Waals surface area contributed by atoms with Crippen molar-refractivity contribution >= 4 is 41.5 Å². The normalized spacial score (nSPS) is 12.3. The first-order valence-corrected chi connectivity index (χ1v) is 9.57. The van der Waals surface area contributed by atoms with Crippen molar-refractivity contribution in [2.24, 2.45) is 12.0 Å². The number of hydrogen-bond acceptors (Lipinski definition) is 4. The molecular weight excluding hydrogens is 491 g/mol. The number of ether oxygens (including phenoxy) is 1. The van der Waals surface area contributed by atoms with E-state index in [1.807, 2.05) is 18.7 Å². The Bertz CT molecular complexity index is 780. The predicted octanol–water partition coefficient (Wildman–Crippen LogP) is 3.27. The van der Waals surface area contributed by atoms with E-state index >= 15 is 0 Å². The molecule has 2 aromatic rings. The summed E-state index contributed by atoms with van der Waals surface area (Å²) in [5.41, 5.74) is 3.55. The zero-order valence-corrected chi connectivity index (χ0v) is 20.2. The van der Waals surface area contributed by atoms with E-state index in [9.17, 15) is 0 Å². The van der Waals surface area contributed by atoms with Gasteiger partial charge in [0, 0.05) is 31.5 Å². The fourth-order valence-electron chi connectivity index (χ4n) is 2.80. The molecular formula is C19H30ClIN6O. The van der Waals surface area contributed by atoms with Crippen LogP contribution in [-0.2, 0) is 13.5 Å². The van der Waals surface area contributed by atoms with E-state index in [-0.39, 0.29) is 30.0 Å². The Morgan fingerprint density at radius 1 is 1.39 bits per heavy atom. The van der Waals surface area contributed by atoms with Crippen molar-refractivity contribution in [1.29, 1.82) is 0 Å². The number of guanidine groups is 1. The molecule has 7 nitrogen and oxygen atoms in total. The Hall–Kier alpha value is -1.55. The van der Waals surface area contributed by atoms with Gasteiger partial charge in [-0.3, -0.25) is 4.68 Å². The van der Waals surface area contributed by atoms with Crippen molar-refractivity contribution in [2.45, 2.75) is 40.2 Å². The molecule has 0 bridgehead atoms. The Labute approximate surface area is 189 Å². The maximum atomic E-state index is 6.03. The Kier molecular flexibility index (Phi) is 10.6.